The molecule has 0 saturated heterocycles. The molecular weight excluding hydrogens is 350 g/mol. The highest BCUT2D eigenvalue weighted by Gasteiger charge is 2.19. The Morgan fingerprint density at radius 3 is 2.52 bits per heavy atom. The van der Waals surface area contributed by atoms with Gasteiger partial charge in [-0.05, 0) is 25.1 Å². The highest BCUT2D eigenvalue weighted by Crippen LogP contribution is 2.30. The van der Waals surface area contributed by atoms with Crippen LogP contribution >= 0.6 is 0 Å². The number of azo groups is 1. The van der Waals surface area contributed by atoms with Crippen molar-refractivity contribution in [3.8, 4) is 11.9 Å². The molecule has 1 aromatic heterocycles. The van der Waals surface area contributed by atoms with Crippen LogP contribution in [0.25, 0.3) is 0 Å². The van der Waals surface area contributed by atoms with Gasteiger partial charge in [0.05, 0.1) is 0 Å². The summed E-state index contributed by atoms with van der Waals surface area (Å²) in [5, 5.41) is 26.3. The maximum Gasteiger partial charge on any atom is 0.296 e. The first kappa shape index (κ1) is 18.1. The molecule has 0 spiro atoms. The van der Waals surface area contributed by atoms with Crippen molar-refractivity contribution in [3.63, 3.8) is 0 Å². The van der Waals surface area contributed by atoms with Crippen molar-refractivity contribution in [2.24, 2.45) is 17.3 Å². The summed E-state index contributed by atoms with van der Waals surface area (Å²) in [5.74, 6) is -0.522. The van der Waals surface area contributed by atoms with E-state index in [9.17, 15) is 22.9 Å². The third kappa shape index (κ3) is 3.35. The summed E-state index contributed by atoms with van der Waals surface area (Å²) in [5.41, 5.74) is 4.35. The largest absolute Gasteiger partial charge is 0.493 e. The lowest BCUT2D eigenvalue weighted by Crippen LogP contribution is -2.18. The van der Waals surface area contributed by atoms with E-state index in [-0.39, 0.29) is 28.2 Å². The molecule has 0 aliphatic rings. The molecule has 0 radical (unpaired) electrons. The van der Waals surface area contributed by atoms with Crippen molar-refractivity contribution in [2.45, 2.75) is 11.8 Å². The van der Waals surface area contributed by atoms with Crippen LogP contribution in [0.5, 0.6) is 5.88 Å². The van der Waals surface area contributed by atoms with Crippen LogP contribution in [0.2, 0.25) is 0 Å². The first-order chi connectivity index (χ1) is 11.6. The topological polar surface area (TPSA) is 171 Å². The van der Waals surface area contributed by atoms with Gasteiger partial charge in [-0.15, -0.1) is 10.2 Å². The van der Waals surface area contributed by atoms with Crippen molar-refractivity contribution >= 4 is 27.2 Å². The predicted molar refractivity (Wildman–Crippen MR) is 87.6 cm³/mol. The van der Waals surface area contributed by atoms with Crippen LogP contribution in [0.15, 0.2) is 38.1 Å². The molecule has 0 amide bonds. The Kier molecular flexibility index (Phi) is 4.60. The van der Waals surface area contributed by atoms with E-state index in [0.717, 1.165) is 16.7 Å². The summed E-state index contributed by atoms with van der Waals surface area (Å²) in [6.07, 6.45) is 0. The zero-order valence-corrected chi connectivity index (χ0v) is 13.9. The molecule has 130 valence electrons. The van der Waals surface area contributed by atoms with E-state index in [1.165, 1.54) is 20.0 Å². The Bertz CT molecular complexity index is 1100. The van der Waals surface area contributed by atoms with Gasteiger partial charge in [-0.3, -0.25) is 13.9 Å². The van der Waals surface area contributed by atoms with E-state index in [1.54, 1.807) is 6.07 Å². The number of anilines is 1. The van der Waals surface area contributed by atoms with Crippen LogP contribution in [0, 0.1) is 18.3 Å². The van der Waals surface area contributed by atoms with Gasteiger partial charge in [-0.1, -0.05) is 0 Å². The summed E-state index contributed by atoms with van der Waals surface area (Å²) < 4.78 is 32.8. The van der Waals surface area contributed by atoms with Crippen LogP contribution < -0.4 is 11.3 Å². The monoisotopic (exact) mass is 363 g/mol. The van der Waals surface area contributed by atoms with Gasteiger partial charge in [-0.25, -0.2) is 0 Å². The molecule has 4 N–H and O–H groups in total. The maximum atomic E-state index is 12.2. The molecule has 0 bridgehead atoms. The number of nitrogen functional groups attached to an aromatic ring is 1. The number of aromatic nitrogens is 1. The van der Waals surface area contributed by atoms with Gasteiger partial charge in [0.25, 0.3) is 15.7 Å². The highest BCUT2D eigenvalue weighted by molar-refractivity contribution is 7.86. The zero-order chi connectivity index (χ0) is 18.9. The first-order valence-electron chi connectivity index (χ1n) is 6.69. The van der Waals surface area contributed by atoms with Gasteiger partial charge < -0.3 is 10.8 Å². The minimum atomic E-state index is -4.59. The number of nitrogens with zero attached hydrogens (tertiary/aromatic N) is 4. The molecule has 0 aliphatic carbocycles. The fourth-order valence-electron chi connectivity index (χ4n) is 2.06. The SMILES string of the molecule is Cc1c(C#N)c(O)n(C)c(=O)c1N=Nc1cc(N)ccc1S(=O)(=O)O. The van der Waals surface area contributed by atoms with Gasteiger partial charge in [-0.2, -0.15) is 13.7 Å². The quantitative estimate of drug-likeness (QED) is 0.421. The Balaban J connectivity index is 2.71. The minimum absolute atomic E-state index is 0.0733. The smallest absolute Gasteiger partial charge is 0.296 e. The van der Waals surface area contributed by atoms with E-state index in [2.05, 4.69) is 10.2 Å². The average molecular weight is 363 g/mol. The number of aromatic hydroxyl groups is 1. The molecule has 1 aromatic carbocycles. The number of hydrogen-bond donors (Lipinski definition) is 3. The van der Waals surface area contributed by atoms with Crippen molar-refractivity contribution in [1.29, 1.82) is 5.26 Å². The van der Waals surface area contributed by atoms with E-state index in [0.29, 0.717) is 0 Å². The maximum absolute atomic E-state index is 12.2. The fourth-order valence-corrected chi connectivity index (χ4v) is 2.66. The second-order valence-electron chi connectivity index (χ2n) is 5.05. The van der Waals surface area contributed by atoms with Gasteiger partial charge in [0.1, 0.15) is 22.2 Å². The normalized spacial score (nSPS) is 11.6. The molecule has 0 unspecified atom stereocenters. The molecule has 11 heteroatoms. The van der Waals surface area contributed by atoms with Gasteiger partial charge >= 0.3 is 0 Å². The Morgan fingerprint density at radius 1 is 1.32 bits per heavy atom. The molecule has 25 heavy (non-hydrogen) atoms. The molecule has 2 rings (SSSR count). The Hall–Kier alpha value is -3.23. The number of benzene rings is 1. The van der Waals surface area contributed by atoms with E-state index >= 15 is 0 Å². The van der Waals surface area contributed by atoms with Crippen LogP contribution in [-0.2, 0) is 17.2 Å². The van der Waals surface area contributed by atoms with Gasteiger partial charge in [0.15, 0.2) is 5.69 Å². The number of rotatable bonds is 3. The number of nitriles is 1. The molecule has 0 aliphatic heterocycles. The van der Waals surface area contributed by atoms with E-state index in [4.69, 9.17) is 11.0 Å². The summed E-state index contributed by atoms with van der Waals surface area (Å²) in [6.45, 7) is 1.39. The van der Waals surface area contributed by atoms with Crippen molar-refractivity contribution in [2.75, 3.05) is 5.73 Å². The Labute approximate surface area is 142 Å². The van der Waals surface area contributed by atoms with Crippen molar-refractivity contribution in [1.82, 2.24) is 4.57 Å². The number of pyridine rings is 1. The molecule has 1 heterocycles. The lowest BCUT2D eigenvalue weighted by Gasteiger charge is -2.08. The average Bonchev–Trinajstić information content (AvgIpc) is 2.52. The van der Waals surface area contributed by atoms with E-state index < -0.39 is 26.5 Å². The summed E-state index contributed by atoms with van der Waals surface area (Å²) >= 11 is 0. The van der Waals surface area contributed by atoms with Crippen molar-refractivity contribution < 1.29 is 18.1 Å². The molecule has 2 aromatic rings. The van der Waals surface area contributed by atoms with Crippen LogP contribution in [0.1, 0.15) is 11.1 Å². The predicted octanol–water partition coefficient (Wildman–Crippen LogP) is 1.52. The molecule has 10 nitrogen and oxygen atoms in total. The molecule has 0 atom stereocenters. The lowest BCUT2D eigenvalue weighted by atomic mass is 10.1. The van der Waals surface area contributed by atoms with Crippen molar-refractivity contribution in [3.05, 3.63) is 39.7 Å². The molecule has 0 saturated carbocycles. The minimum Gasteiger partial charge on any atom is -0.493 e. The second kappa shape index (κ2) is 6.34. The van der Waals surface area contributed by atoms with Gasteiger partial charge in [0, 0.05) is 18.3 Å². The Morgan fingerprint density at radius 2 is 1.96 bits per heavy atom. The zero-order valence-electron chi connectivity index (χ0n) is 13.1. The summed E-state index contributed by atoms with van der Waals surface area (Å²) in [6, 6.07) is 5.19. The number of hydrogen-bond acceptors (Lipinski definition) is 8. The third-order valence-electron chi connectivity index (χ3n) is 3.41. The van der Waals surface area contributed by atoms with Crippen LogP contribution in [0.3, 0.4) is 0 Å². The van der Waals surface area contributed by atoms with Crippen LogP contribution in [-0.4, -0.2) is 22.6 Å². The van der Waals surface area contributed by atoms with Crippen LogP contribution in [0.4, 0.5) is 17.1 Å². The number of nitrogens with two attached hydrogens (primary N) is 1. The summed E-state index contributed by atoms with van der Waals surface area (Å²) in [4.78, 5) is 11.7. The first-order valence-corrected chi connectivity index (χ1v) is 8.13. The molecule has 0 fully saturated rings. The standard InChI is InChI=1S/C14H13N5O5S/c1-7-9(6-15)13(20)19(2)14(21)12(7)18-17-10-5-8(16)3-4-11(10)25(22,23)24/h3-5,20H,16H2,1-2H3,(H,22,23,24). The third-order valence-corrected chi connectivity index (χ3v) is 4.31. The fraction of sp³-hybridized carbons (Fsp3) is 0.143. The van der Waals surface area contributed by atoms with E-state index in [1.807, 2.05) is 0 Å². The second-order valence-corrected chi connectivity index (χ2v) is 6.44. The highest BCUT2D eigenvalue weighted by atomic mass is 32.2. The van der Waals surface area contributed by atoms with Gasteiger partial charge in [0.2, 0.25) is 5.88 Å². The molecular formula is C14H13N5O5S. The lowest BCUT2D eigenvalue weighted by molar-refractivity contribution is 0.421. The summed E-state index contributed by atoms with van der Waals surface area (Å²) in [7, 11) is -3.35.